The number of amides is 1. The smallest absolute Gasteiger partial charge is 0.223 e. The highest BCUT2D eigenvalue weighted by Gasteiger charge is 2.22. The number of nitrogens with zero attached hydrogens (tertiary/aromatic N) is 1. The largest absolute Gasteiger partial charge is 0.330 e. The molecule has 1 unspecified atom stereocenters. The van der Waals surface area contributed by atoms with Gasteiger partial charge in [-0.25, -0.2) is 0 Å². The zero-order chi connectivity index (χ0) is 6.85. The van der Waals surface area contributed by atoms with Crippen LogP contribution in [0.25, 0.3) is 0 Å². The molecule has 0 bridgehead atoms. The van der Waals surface area contributed by atoms with Crippen LogP contribution in [0.4, 0.5) is 0 Å². The Morgan fingerprint density at radius 1 is 1.78 bits per heavy atom. The second kappa shape index (κ2) is 2.69. The van der Waals surface area contributed by atoms with Crippen molar-refractivity contribution in [1.29, 1.82) is 0 Å². The van der Waals surface area contributed by atoms with Crippen molar-refractivity contribution in [3.05, 3.63) is 0 Å². The van der Waals surface area contributed by atoms with Gasteiger partial charge >= 0.3 is 0 Å². The van der Waals surface area contributed by atoms with E-state index < -0.39 is 0 Å². The van der Waals surface area contributed by atoms with E-state index in [4.69, 9.17) is 0 Å². The predicted molar refractivity (Wildman–Crippen MR) is 39.3 cm³/mol. The van der Waals surface area contributed by atoms with Crippen molar-refractivity contribution in [3.8, 4) is 0 Å². The molecule has 1 amide bonds. The van der Waals surface area contributed by atoms with E-state index in [0.717, 1.165) is 19.4 Å². The molecule has 9 heavy (non-hydrogen) atoms. The summed E-state index contributed by atoms with van der Waals surface area (Å²) in [7, 11) is 0. The van der Waals surface area contributed by atoms with Gasteiger partial charge in [0.1, 0.15) is 0 Å². The molecule has 52 valence electrons. The fraction of sp³-hybridized carbons (Fsp3) is 0.833. The summed E-state index contributed by atoms with van der Waals surface area (Å²) in [6, 6.07) is 0. The van der Waals surface area contributed by atoms with Gasteiger partial charge in [0.25, 0.3) is 0 Å². The summed E-state index contributed by atoms with van der Waals surface area (Å²) in [6.07, 6.45) is 1.75. The Hall–Kier alpha value is -0.0500. The van der Waals surface area contributed by atoms with E-state index in [0.29, 0.717) is 0 Å². The number of carbonyl (C=O) groups excluding carboxylic acids is 1. The third-order valence-corrected chi connectivity index (χ3v) is 2.03. The molecular weight excluding hydrogens is 182 g/mol. The highest BCUT2D eigenvalue weighted by molar-refractivity contribution is 9.09. The van der Waals surface area contributed by atoms with Crippen LogP contribution in [-0.4, -0.2) is 22.3 Å². The molecule has 0 aromatic carbocycles. The Balaban J connectivity index is 2.49. The molecule has 1 fully saturated rings. The van der Waals surface area contributed by atoms with Gasteiger partial charge in [0.2, 0.25) is 5.91 Å². The molecule has 0 saturated carbocycles. The minimum absolute atomic E-state index is 0.215. The first kappa shape index (κ1) is 7.06. The summed E-state index contributed by atoms with van der Waals surface area (Å²) in [5.74, 6) is 0.277. The molecule has 1 atom stereocenters. The van der Waals surface area contributed by atoms with Crippen LogP contribution in [-0.2, 0) is 4.79 Å². The third-order valence-electron chi connectivity index (χ3n) is 1.54. The summed E-state index contributed by atoms with van der Waals surface area (Å²) in [6.45, 7) is 2.90. The molecule has 0 aromatic heterocycles. The van der Waals surface area contributed by atoms with Crippen LogP contribution in [0, 0.1) is 0 Å². The van der Waals surface area contributed by atoms with Crippen LogP contribution in [0.15, 0.2) is 0 Å². The number of hydrogen-bond acceptors (Lipinski definition) is 1. The summed E-state index contributed by atoms with van der Waals surface area (Å²) in [4.78, 5) is 13.0. The average Bonchev–Trinajstić information content (AvgIpc) is 2.13. The first-order valence-corrected chi connectivity index (χ1v) is 4.07. The molecular formula is C6H10BrNO. The molecule has 0 N–H and O–H groups in total. The van der Waals surface area contributed by atoms with Crippen LogP contribution in [0.1, 0.15) is 19.8 Å². The van der Waals surface area contributed by atoms with E-state index in [1.807, 2.05) is 11.8 Å². The van der Waals surface area contributed by atoms with E-state index in [1.54, 1.807) is 0 Å². The van der Waals surface area contributed by atoms with Gasteiger partial charge in [-0.05, 0) is 13.3 Å². The van der Waals surface area contributed by atoms with Crippen molar-refractivity contribution in [2.24, 2.45) is 0 Å². The average molecular weight is 192 g/mol. The monoisotopic (exact) mass is 191 g/mol. The fourth-order valence-corrected chi connectivity index (χ4v) is 1.48. The summed E-state index contributed by atoms with van der Waals surface area (Å²) in [5.41, 5.74) is 0. The van der Waals surface area contributed by atoms with E-state index >= 15 is 0 Å². The van der Waals surface area contributed by atoms with Gasteiger partial charge in [-0.15, -0.1) is 0 Å². The molecule has 0 aromatic rings. The Morgan fingerprint density at radius 3 is 2.67 bits per heavy atom. The van der Waals surface area contributed by atoms with Gasteiger partial charge in [0.15, 0.2) is 0 Å². The topological polar surface area (TPSA) is 20.3 Å². The molecule has 2 nitrogen and oxygen atoms in total. The Labute approximate surface area is 63.3 Å². The third kappa shape index (κ3) is 1.45. The molecule has 0 spiro atoms. The van der Waals surface area contributed by atoms with Gasteiger partial charge in [-0.1, -0.05) is 15.9 Å². The first-order chi connectivity index (χ1) is 4.22. The number of halogens is 1. The normalized spacial score (nSPS) is 22.9. The van der Waals surface area contributed by atoms with Gasteiger partial charge < -0.3 is 4.90 Å². The van der Waals surface area contributed by atoms with Crippen LogP contribution < -0.4 is 0 Å². The van der Waals surface area contributed by atoms with Gasteiger partial charge in [0, 0.05) is 13.0 Å². The van der Waals surface area contributed by atoms with Crippen molar-refractivity contribution in [2.45, 2.75) is 24.7 Å². The standard InChI is InChI=1S/C6H10BrNO/c1-5(7)8-4-2-3-6(8)9/h5H,2-4H2,1H3. The number of hydrogen-bond donors (Lipinski definition) is 0. The quantitative estimate of drug-likeness (QED) is 0.453. The lowest BCUT2D eigenvalue weighted by molar-refractivity contribution is -0.127. The number of alkyl halides is 1. The lowest BCUT2D eigenvalue weighted by Gasteiger charge is -2.17. The zero-order valence-corrected chi connectivity index (χ0v) is 7.02. The Morgan fingerprint density at radius 2 is 2.44 bits per heavy atom. The lowest BCUT2D eigenvalue weighted by atomic mass is 10.4. The van der Waals surface area contributed by atoms with Crippen LogP contribution in [0.5, 0.6) is 0 Å². The number of carbonyl (C=O) groups is 1. The summed E-state index contributed by atoms with van der Waals surface area (Å²) in [5, 5.41) is 0. The van der Waals surface area contributed by atoms with Crippen molar-refractivity contribution >= 4 is 21.8 Å². The fourth-order valence-electron chi connectivity index (χ4n) is 1.05. The zero-order valence-electron chi connectivity index (χ0n) is 5.43. The first-order valence-electron chi connectivity index (χ1n) is 3.15. The van der Waals surface area contributed by atoms with E-state index in [2.05, 4.69) is 15.9 Å². The molecule has 0 radical (unpaired) electrons. The minimum atomic E-state index is 0.215. The molecule has 1 aliphatic heterocycles. The molecule has 1 aliphatic rings. The molecule has 1 heterocycles. The van der Waals surface area contributed by atoms with Crippen molar-refractivity contribution in [3.63, 3.8) is 0 Å². The second-order valence-electron chi connectivity index (χ2n) is 2.26. The van der Waals surface area contributed by atoms with E-state index in [-0.39, 0.29) is 10.9 Å². The SMILES string of the molecule is CC(Br)N1CCCC1=O. The van der Waals surface area contributed by atoms with Gasteiger partial charge in [-0.3, -0.25) is 4.79 Å². The van der Waals surface area contributed by atoms with E-state index in [1.165, 1.54) is 0 Å². The maximum atomic E-state index is 10.9. The van der Waals surface area contributed by atoms with Crippen molar-refractivity contribution < 1.29 is 4.79 Å². The highest BCUT2D eigenvalue weighted by atomic mass is 79.9. The maximum Gasteiger partial charge on any atom is 0.223 e. The van der Waals surface area contributed by atoms with Crippen LogP contribution in [0.3, 0.4) is 0 Å². The second-order valence-corrected chi connectivity index (χ2v) is 3.59. The molecule has 3 heteroatoms. The lowest BCUT2D eigenvalue weighted by Crippen LogP contribution is -2.29. The predicted octanol–water partition coefficient (Wildman–Crippen LogP) is 1.35. The van der Waals surface area contributed by atoms with Crippen LogP contribution in [0.2, 0.25) is 0 Å². The summed E-state index contributed by atoms with van der Waals surface area (Å²) < 4.78 is 0. The van der Waals surface area contributed by atoms with Crippen molar-refractivity contribution in [2.75, 3.05) is 6.54 Å². The van der Waals surface area contributed by atoms with Crippen LogP contribution >= 0.6 is 15.9 Å². The van der Waals surface area contributed by atoms with Crippen molar-refractivity contribution in [1.82, 2.24) is 4.90 Å². The molecule has 1 saturated heterocycles. The molecule has 1 rings (SSSR count). The van der Waals surface area contributed by atoms with Gasteiger partial charge in [0.05, 0.1) is 4.95 Å². The van der Waals surface area contributed by atoms with Gasteiger partial charge in [-0.2, -0.15) is 0 Å². The molecule has 0 aliphatic carbocycles. The Bertz CT molecular complexity index is 124. The number of likely N-dealkylation sites (tertiary alicyclic amines) is 1. The maximum absolute atomic E-state index is 10.9. The Kier molecular flexibility index (Phi) is 2.11. The highest BCUT2D eigenvalue weighted by Crippen LogP contribution is 2.16. The number of rotatable bonds is 1. The minimum Gasteiger partial charge on any atom is -0.330 e. The van der Waals surface area contributed by atoms with E-state index in [9.17, 15) is 4.79 Å². The summed E-state index contributed by atoms with van der Waals surface area (Å²) >= 11 is 3.35.